The molecule has 1 aromatic carbocycles. The Balaban J connectivity index is 2.15. The van der Waals surface area contributed by atoms with E-state index in [0.29, 0.717) is 29.5 Å². The van der Waals surface area contributed by atoms with Crippen LogP contribution in [0, 0.1) is 5.92 Å². The van der Waals surface area contributed by atoms with Gasteiger partial charge < -0.3 is 15.4 Å². The van der Waals surface area contributed by atoms with E-state index in [1.807, 2.05) is 13.8 Å². The quantitative estimate of drug-likeness (QED) is 0.892. The van der Waals surface area contributed by atoms with Crippen molar-refractivity contribution in [2.75, 3.05) is 10.6 Å². The Bertz CT molecular complexity index is 550. The summed E-state index contributed by atoms with van der Waals surface area (Å²) in [6, 6.07) is 5.23. The van der Waals surface area contributed by atoms with Crippen LogP contribution in [0.4, 0.5) is 11.4 Å². The van der Waals surface area contributed by atoms with E-state index >= 15 is 0 Å². The predicted molar refractivity (Wildman–Crippen MR) is 77.9 cm³/mol. The average molecular weight is 276 g/mol. The highest BCUT2D eigenvalue weighted by Crippen LogP contribution is 2.35. The summed E-state index contributed by atoms with van der Waals surface area (Å²) in [6.45, 7) is 7.40. The largest absolute Gasteiger partial charge is 0.476 e. The lowest BCUT2D eigenvalue weighted by molar-refractivity contribution is -0.129. The zero-order chi connectivity index (χ0) is 14.9. The van der Waals surface area contributed by atoms with E-state index in [1.54, 1.807) is 32.0 Å². The van der Waals surface area contributed by atoms with Crippen molar-refractivity contribution >= 4 is 23.2 Å². The van der Waals surface area contributed by atoms with E-state index in [9.17, 15) is 9.59 Å². The first-order chi connectivity index (χ1) is 9.28. The van der Waals surface area contributed by atoms with Gasteiger partial charge in [0, 0.05) is 12.1 Å². The molecular formula is C15H20N2O3. The summed E-state index contributed by atoms with van der Waals surface area (Å²) in [4.78, 5) is 23.6. The van der Waals surface area contributed by atoms with Gasteiger partial charge in [-0.2, -0.15) is 0 Å². The minimum atomic E-state index is -0.880. The van der Waals surface area contributed by atoms with Gasteiger partial charge in [0.1, 0.15) is 5.75 Å². The molecule has 1 aliphatic rings. The number of carbonyl (C=O) groups is 2. The molecule has 0 atom stereocenters. The van der Waals surface area contributed by atoms with Crippen LogP contribution < -0.4 is 15.4 Å². The van der Waals surface area contributed by atoms with Crippen LogP contribution in [0.2, 0.25) is 0 Å². The Morgan fingerprint density at radius 2 is 2.10 bits per heavy atom. The van der Waals surface area contributed by atoms with Crippen molar-refractivity contribution < 1.29 is 14.3 Å². The maximum Gasteiger partial charge on any atom is 0.268 e. The van der Waals surface area contributed by atoms with Gasteiger partial charge in [0.15, 0.2) is 5.60 Å². The molecule has 2 amide bonds. The summed E-state index contributed by atoms with van der Waals surface area (Å²) in [5, 5.41) is 5.60. The smallest absolute Gasteiger partial charge is 0.268 e. The molecule has 0 bridgehead atoms. The second kappa shape index (κ2) is 5.15. The predicted octanol–water partition coefficient (Wildman–Crippen LogP) is 2.78. The van der Waals surface area contributed by atoms with E-state index in [4.69, 9.17) is 4.74 Å². The summed E-state index contributed by atoms with van der Waals surface area (Å²) < 4.78 is 5.63. The molecule has 2 N–H and O–H groups in total. The van der Waals surface area contributed by atoms with Crippen LogP contribution in [-0.2, 0) is 9.59 Å². The Hall–Kier alpha value is -2.04. The number of nitrogens with one attached hydrogen (secondary N) is 2. The monoisotopic (exact) mass is 276 g/mol. The number of hydrogen-bond donors (Lipinski definition) is 2. The molecule has 0 unspecified atom stereocenters. The number of benzene rings is 1. The second-order valence-corrected chi connectivity index (χ2v) is 5.92. The van der Waals surface area contributed by atoms with Crippen molar-refractivity contribution in [3.63, 3.8) is 0 Å². The highest BCUT2D eigenvalue weighted by molar-refractivity contribution is 6.01. The Morgan fingerprint density at radius 3 is 2.75 bits per heavy atom. The van der Waals surface area contributed by atoms with Crippen LogP contribution in [0.5, 0.6) is 5.75 Å². The number of anilines is 2. The van der Waals surface area contributed by atoms with Gasteiger partial charge in [-0.3, -0.25) is 9.59 Å². The molecule has 0 aliphatic carbocycles. The number of carbonyl (C=O) groups excluding carboxylic acids is 2. The average Bonchev–Trinajstić information content (AvgIpc) is 2.29. The Labute approximate surface area is 118 Å². The summed E-state index contributed by atoms with van der Waals surface area (Å²) in [5.41, 5.74) is 0.352. The molecule has 0 saturated carbocycles. The fraction of sp³-hybridized carbons (Fsp3) is 0.467. The first kappa shape index (κ1) is 14.4. The van der Waals surface area contributed by atoms with Crippen molar-refractivity contribution in [3.8, 4) is 5.75 Å². The van der Waals surface area contributed by atoms with Crippen LogP contribution in [-0.4, -0.2) is 17.4 Å². The van der Waals surface area contributed by atoms with Gasteiger partial charge in [-0.25, -0.2) is 0 Å². The molecule has 1 aliphatic heterocycles. The lowest BCUT2D eigenvalue weighted by atomic mass is 10.1. The summed E-state index contributed by atoms with van der Waals surface area (Å²) >= 11 is 0. The number of fused-ring (bicyclic) bond motifs is 1. The van der Waals surface area contributed by atoms with Crippen LogP contribution in [0.1, 0.15) is 34.1 Å². The number of amides is 2. The molecule has 0 saturated heterocycles. The summed E-state index contributed by atoms with van der Waals surface area (Å²) in [5.74, 6) is 0.673. The molecular weight excluding hydrogens is 256 g/mol. The highest BCUT2D eigenvalue weighted by atomic mass is 16.5. The van der Waals surface area contributed by atoms with E-state index in [1.165, 1.54) is 0 Å². The molecule has 5 heteroatoms. The third-order valence-electron chi connectivity index (χ3n) is 3.02. The highest BCUT2D eigenvalue weighted by Gasteiger charge is 2.35. The maximum atomic E-state index is 11.8. The van der Waals surface area contributed by atoms with E-state index in [0.717, 1.165) is 0 Å². The third kappa shape index (κ3) is 3.10. The second-order valence-electron chi connectivity index (χ2n) is 5.92. The number of rotatable bonds is 3. The summed E-state index contributed by atoms with van der Waals surface area (Å²) in [7, 11) is 0. The molecule has 5 nitrogen and oxygen atoms in total. The Kier molecular flexibility index (Phi) is 3.70. The normalized spacial score (nSPS) is 16.1. The standard InChI is InChI=1S/C15H20N2O3/c1-9(2)7-13(18)16-10-5-6-12-11(8-10)17-14(19)15(3,4)20-12/h5-6,8-9H,7H2,1-4H3,(H,16,18)(H,17,19). The Morgan fingerprint density at radius 1 is 1.40 bits per heavy atom. The molecule has 0 radical (unpaired) electrons. The SMILES string of the molecule is CC(C)CC(=O)Nc1ccc2c(c1)NC(=O)C(C)(C)O2. The molecule has 1 heterocycles. The van der Waals surface area contributed by atoms with Gasteiger partial charge in [-0.15, -0.1) is 0 Å². The van der Waals surface area contributed by atoms with Crippen LogP contribution in [0.3, 0.4) is 0 Å². The fourth-order valence-corrected chi connectivity index (χ4v) is 1.97. The van der Waals surface area contributed by atoms with Crippen LogP contribution >= 0.6 is 0 Å². The molecule has 0 fully saturated rings. The van der Waals surface area contributed by atoms with Gasteiger partial charge in [0.2, 0.25) is 5.91 Å². The molecule has 1 aromatic rings. The molecule has 0 aromatic heterocycles. The maximum absolute atomic E-state index is 11.8. The topological polar surface area (TPSA) is 67.4 Å². The van der Waals surface area contributed by atoms with Gasteiger partial charge >= 0.3 is 0 Å². The third-order valence-corrected chi connectivity index (χ3v) is 3.02. The lowest BCUT2D eigenvalue weighted by Crippen LogP contribution is -2.45. The van der Waals surface area contributed by atoms with Gasteiger partial charge in [-0.05, 0) is 38.0 Å². The van der Waals surface area contributed by atoms with Crippen molar-refractivity contribution in [1.29, 1.82) is 0 Å². The first-order valence-electron chi connectivity index (χ1n) is 6.72. The lowest BCUT2D eigenvalue weighted by Gasteiger charge is -2.31. The minimum Gasteiger partial charge on any atom is -0.476 e. The van der Waals surface area contributed by atoms with Crippen molar-refractivity contribution in [3.05, 3.63) is 18.2 Å². The number of ether oxygens (including phenoxy) is 1. The van der Waals surface area contributed by atoms with E-state index in [2.05, 4.69) is 10.6 Å². The van der Waals surface area contributed by atoms with Gasteiger partial charge in [0.05, 0.1) is 5.69 Å². The zero-order valence-electron chi connectivity index (χ0n) is 12.2. The zero-order valence-corrected chi connectivity index (χ0v) is 12.2. The summed E-state index contributed by atoms with van der Waals surface area (Å²) in [6.07, 6.45) is 0.465. The fourth-order valence-electron chi connectivity index (χ4n) is 1.97. The van der Waals surface area contributed by atoms with Crippen LogP contribution in [0.25, 0.3) is 0 Å². The van der Waals surface area contributed by atoms with Crippen LogP contribution in [0.15, 0.2) is 18.2 Å². The number of hydrogen-bond acceptors (Lipinski definition) is 3. The van der Waals surface area contributed by atoms with Crippen molar-refractivity contribution in [1.82, 2.24) is 0 Å². The van der Waals surface area contributed by atoms with Crippen molar-refractivity contribution in [2.24, 2.45) is 5.92 Å². The molecule has 20 heavy (non-hydrogen) atoms. The first-order valence-corrected chi connectivity index (χ1v) is 6.72. The molecule has 0 spiro atoms. The minimum absolute atomic E-state index is 0.0386. The van der Waals surface area contributed by atoms with Gasteiger partial charge in [-0.1, -0.05) is 13.8 Å². The van der Waals surface area contributed by atoms with Gasteiger partial charge in [0.25, 0.3) is 5.91 Å². The van der Waals surface area contributed by atoms with E-state index < -0.39 is 5.60 Å². The van der Waals surface area contributed by atoms with E-state index in [-0.39, 0.29) is 11.8 Å². The molecule has 2 rings (SSSR count). The molecule has 108 valence electrons. The van der Waals surface area contributed by atoms with Crippen molar-refractivity contribution in [2.45, 2.75) is 39.7 Å².